The Bertz CT molecular complexity index is 457. The molecule has 1 amide bonds. The van der Waals surface area contributed by atoms with Gasteiger partial charge >= 0.3 is 5.97 Å². The third-order valence-electron chi connectivity index (χ3n) is 2.68. The van der Waals surface area contributed by atoms with Crippen molar-refractivity contribution in [2.24, 2.45) is 0 Å². The lowest BCUT2D eigenvalue weighted by Gasteiger charge is -2.15. The van der Waals surface area contributed by atoms with E-state index in [1.165, 1.54) is 12.1 Å². The summed E-state index contributed by atoms with van der Waals surface area (Å²) in [5.74, 6) is -1.33. The molecule has 0 saturated carbocycles. The van der Waals surface area contributed by atoms with E-state index in [0.29, 0.717) is 0 Å². The van der Waals surface area contributed by atoms with E-state index in [4.69, 9.17) is 5.11 Å². The van der Waals surface area contributed by atoms with Gasteiger partial charge in [-0.25, -0.2) is 4.79 Å². The SMILES string of the molecule is CC(C)NCC(=O)N[C@H](Cc1ccc(O)cc1)C(=O)O. The van der Waals surface area contributed by atoms with Crippen molar-refractivity contribution in [3.63, 3.8) is 0 Å². The lowest BCUT2D eigenvalue weighted by atomic mass is 10.1. The maximum Gasteiger partial charge on any atom is 0.326 e. The third-order valence-corrected chi connectivity index (χ3v) is 2.68. The van der Waals surface area contributed by atoms with Gasteiger partial charge in [0.25, 0.3) is 0 Å². The molecule has 0 radical (unpaired) electrons. The molecule has 0 fully saturated rings. The minimum absolute atomic E-state index is 0.0804. The number of carboxylic acids is 1. The van der Waals surface area contributed by atoms with E-state index >= 15 is 0 Å². The second kappa shape index (κ2) is 7.49. The van der Waals surface area contributed by atoms with Crippen molar-refractivity contribution >= 4 is 11.9 Å². The van der Waals surface area contributed by atoms with Crippen LogP contribution in [0.25, 0.3) is 0 Å². The first-order chi connectivity index (χ1) is 9.38. The minimum atomic E-state index is -1.09. The molecule has 4 N–H and O–H groups in total. The molecule has 0 aromatic heterocycles. The third kappa shape index (κ3) is 5.71. The molecule has 1 rings (SSSR count). The van der Waals surface area contributed by atoms with Gasteiger partial charge in [-0.15, -0.1) is 0 Å². The molecule has 0 unspecified atom stereocenters. The Morgan fingerprint density at radius 2 is 1.80 bits per heavy atom. The number of carbonyl (C=O) groups is 2. The van der Waals surface area contributed by atoms with E-state index in [1.807, 2.05) is 13.8 Å². The maximum atomic E-state index is 11.6. The Hall–Kier alpha value is -2.08. The molecule has 0 saturated heterocycles. The van der Waals surface area contributed by atoms with Crippen molar-refractivity contribution in [3.8, 4) is 5.75 Å². The highest BCUT2D eigenvalue weighted by molar-refractivity contribution is 5.84. The molecule has 6 heteroatoms. The van der Waals surface area contributed by atoms with E-state index in [0.717, 1.165) is 5.56 Å². The summed E-state index contributed by atoms with van der Waals surface area (Å²) in [5.41, 5.74) is 0.729. The van der Waals surface area contributed by atoms with Gasteiger partial charge < -0.3 is 20.8 Å². The summed E-state index contributed by atoms with van der Waals surface area (Å²) >= 11 is 0. The lowest BCUT2D eigenvalue weighted by molar-refractivity contribution is -0.141. The molecule has 0 bridgehead atoms. The number of hydrogen-bond donors (Lipinski definition) is 4. The van der Waals surface area contributed by atoms with Gasteiger partial charge in [-0.2, -0.15) is 0 Å². The number of nitrogens with one attached hydrogen (secondary N) is 2. The maximum absolute atomic E-state index is 11.6. The Kier molecular flexibility index (Phi) is 5.99. The first-order valence-corrected chi connectivity index (χ1v) is 6.42. The van der Waals surface area contributed by atoms with Crippen LogP contribution in [0.3, 0.4) is 0 Å². The zero-order chi connectivity index (χ0) is 15.1. The fourth-order valence-corrected chi connectivity index (χ4v) is 1.61. The van der Waals surface area contributed by atoms with Crippen molar-refractivity contribution in [2.75, 3.05) is 6.54 Å². The average molecular weight is 280 g/mol. The van der Waals surface area contributed by atoms with Gasteiger partial charge in [0, 0.05) is 12.5 Å². The van der Waals surface area contributed by atoms with E-state index in [-0.39, 0.29) is 30.7 Å². The second-order valence-electron chi connectivity index (χ2n) is 4.86. The van der Waals surface area contributed by atoms with Gasteiger partial charge in [0.1, 0.15) is 11.8 Å². The molecule has 0 aliphatic carbocycles. The molecule has 0 spiro atoms. The Labute approximate surface area is 117 Å². The normalized spacial score (nSPS) is 12.2. The van der Waals surface area contributed by atoms with Crippen LogP contribution in [0.5, 0.6) is 5.75 Å². The van der Waals surface area contributed by atoms with E-state index in [1.54, 1.807) is 12.1 Å². The molecule has 0 aliphatic rings. The van der Waals surface area contributed by atoms with Crippen LogP contribution in [0, 0.1) is 0 Å². The number of benzene rings is 1. The molecular weight excluding hydrogens is 260 g/mol. The number of carbonyl (C=O) groups excluding carboxylic acids is 1. The van der Waals surface area contributed by atoms with Crippen LogP contribution in [-0.4, -0.2) is 40.7 Å². The van der Waals surface area contributed by atoms with Crippen molar-refractivity contribution in [1.29, 1.82) is 0 Å². The fraction of sp³-hybridized carbons (Fsp3) is 0.429. The topological polar surface area (TPSA) is 98.7 Å². The highest BCUT2D eigenvalue weighted by atomic mass is 16.4. The molecule has 6 nitrogen and oxygen atoms in total. The fourth-order valence-electron chi connectivity index (χ4n) is 1.61. The first kappa shape index (κ1) is 16.0. The zero-order valence-electron chi connectivity index (χ0n) is 11.6. The van der Waals surface area contributed by atoms with Crippen molar-refractivity contribution in [1.82, 2.24) is 10.6 Å². The number of carboxylic acid groups (broad SMARTS) is 1. The lowest BCUT2D eigenvalue weighted by Crippen LogP contribution is -2.46. The van der Waals surface area contributed by atoms with Crippen molar-refractivity contribution < 1.29 is 19.8 Å². The largest absolute Gasteiger partial charge is 0.508 e. The summed E-state index contributed by atoms with van der Waals surface area (Å²) in [6.07, 6.45) is 0.170. The first-order valence-electron chi connectivity index (χ1n) is 6.42. The highest BCUT2D eigenvalue weighted by Crippen LogP contribution is 2.11. The van der Waals surface area contributed by atoms with Crippen LogP contribution in [-0.2, 0) is 16.0 Å². The molecule has 0 heterocycles. The summed E-state index contributed by atoms with van der Waals surface area (Å²) in [4.78, 5) is 22.8. The Morgan fingerprint density at radius 1 is 1.20 bits per heavy atom. The van der Waals surface area contributed by atoms with Gasteiger partial charge in [0.15, 0.2) is 0 Å². The van der Waals surface area contributed by atoms with Crippen LogP contribution in [0.15, 0.2) is 24.3 Å². The summed E-state index contributed by atoms with van der Waals surface area (Å²) in [5, 5.41) is 23.7. The van der Waals surface area contributed by atoms with Crippen LogP contribution >= 0.6 is 0 Å². The van der Waals surface area contributed by atoms with Crippen LogP contribution in [0.1, 0.15) is 19.4 Å². The zero-order valence-corrected chi connectivity index (χ0v) is 11.6. The van der Waals surface area contributed by atoms with E-state index < -0.39 is 12.0 Å². The number of aliphatic carboxylic acids is 1. The molecular formula is C14H20N2O4. The number of phenolic OH excluding ortho intramolecular Hbond substituents is 1. The van der Waals surface area contributed by atoms with Crippen molar-refractivity contribution in [2.45, 2.75) is 32.4 Å². The number of hydrogen-bond acceptors (Lipinski definition) is 4. The van der Waals surface area contributed by atoms with Gasteiger partial charge in [-0.3, -0.25) is 4.79 Å². The van der Waals surface area contributed by atoms with Gasteiger partial charge in [0.05, 0.1) is 6.54 Å². The van der Waals surface area contributed by atoms with E-state index in [2.05, 4.69) is 10.6 Å². The molecule has 1 aromatic carbocycles. The molecule has 110 valence electrons. The standard InChI is InChI=1S/C14H20N2O4/c1-9(2)15-8-13(18)16-12(14(19)20)7-10-3-5-11(17)6-4-10/h3-6,9,12,15,17H,7-8H2,1-2H3,(H,16,18)(H,19,20)/t12-/m1/s1. The van der Waals surface area contributed by atoms with Gasteiger partial charge in [-0.05, 0) is 17.7 Å². The molecule has 1 atom stereocenters. The minimum Gasteiger partial charge on any atom is -0.508 e. The number of phenols is 1. The number of amides is 1. The molecule has 1 aromatic rings. The highest BCUT2D eigenvalue weighted by Gasteiger charge is 2.20. The summed E-state index contributed by atoms with van der Waals surface area (Å²) in [6, 6.07) is 5.39. The number of aromatic hydroxyl groups is 1. The molecule has 20 heavy (non-hydrogen) atoms. The summed E-state index contributed by atoms with van der Waals surface area (Å²) < 4.78 is 0. The quantitative estimate of drug-likeness (QED) is 0.583. The smallest absolute Gasteiger partial charge is 0.326 e. The summed E-state index contributed by atoms with van der Waals surface area (Å²) in [6.45, 7) is 3.88. The van der Waals surface area contributed by atoms with Crippen LogP contribution in [0.4, 0.5) is 0 Å². The Balaban J connectivity index is 2.58. The van der Waals surface area contributed by atoms with Gasteiger partial charge in [0.2, 0.25) is 5.91 Å². The second-order valence-corrected chi connectivity index (χ2v) is 4.86. The Morgan fingerprint density at radius 3 is 2.30 bits per heavy atom. The average Bonchev–Trinajstić information content (AvgIpc) is 2.38. The predicted molar refractivity (Wildman–Crippen MR) is 74.5 cm³/mol. The van der Waals surface area contributed by atoms with Crippen LogP contribution < -0.4 is 10.6 Å². The molecule has 0 aliphatic heterocycles. The van der Waals surface area contributed by atoms with E-state index in [9.17, 15) is 14.7 Å². The van der Waals surface area contributed by atoms with Crippen molar-refractivity contribution in [3.05, 3.63) is 29.8 Å². The predicted octanol–water partition coefficient (Wildman–Crippen LogP) is 0.502. The van der Waals surface area contributed by atoms with Gasteiger partial charge in [-0.1, -0.05) is 26.0 Å². The monoisotopic (exact) mass is 280 g/mol. The number of rotatable bonds is 7. The summed E-state index contributed by atoms with van der Waals surface area (Å²) in [7, 11) is 0. The van der Waals surface area contributed by atoms with Crippen LogP contribution in [0.2, 0.25) is 0 Å².